The average Bonchev–Trinajstić information content (AvgIpc) is 2.31. The summed E-state index contributed by atoms with van der Waals surface area (Å²) < 4.78 is 11.2. The van der Waals surface area contributed by atoms with Gasteiger partial charge in [0.15, 0.2) is 0 Å². The van der Waals surface area contributed by atoms with Gasteiger partial charge in [0.25, 0.3) is 0 Å². The van der Waals surface area contributed by atoms with Gasteiger partial charge in [-0.25, -0.2) is 0 Å². The van der Waals surface area contributed by atoms with Crippen molar-refractivity contribution in [3.05, 3.63) is 0 Å². The number of rotatable bonds is 8. The molecule has 4 nitrogen and oxygen atoms in total. The highest BCUT2D eigenvalue weighted by Crippen LogP contribution is 1.97. The third-order valence-corrected chi connectivity index (χ3v) is 4.30. The fraction of sp³-hybridized carbons (Fsp3) is 0.917. The molecule has 0 radical (unpaired) electrons. The van der Waals surface area contributed by atoms with E-state index in [0.29, 0.717) is 6.54 Å². The van der Waals surface area contributed by atoms with Crippen molar-refractivity contribution in [1.29, 1.82) is 0 Å². The van der Waals surface area contributed by atoms with Crippen molar-refractivity contribution in [1.82, 2.24) is 10.6 Å². The molecular weight excluding hydrogens is 236 g/mol. The third kappa shape index (κ3) is 6.78. The van der Waals surface area contributed by atoms with Crippen molar-refractivity contribution in [2.75, 3.05) is 12.8 Å². The van der Waals surface area contributed by atoms with Crippen LogP contribution in [0.15, 0.2) is 0 Å². The summed E-state index contributed by atoms with van der Waals surface area (Å²) in [5.41, 5.74) is 0. The van der Waals surface area contributed by atoms with Gasteiger partial charge in [-0.15, -0.1) is 0 Å². The molecule has 0 spiro atoms. The fourth-order valence-electron chi connectivity index (χ4n) is 1.37. The Morgan fingerprint density at radius 1 is 1.24 bits per heavy atom. The highest BCUT2D eigenvalue weighted by Gasteiger charge is 2.16. The zero-order valence-electron chi connectivity index (χ0n) is 11.6. The van der Waals surface area contributed by atoms with Gasteiger partial charge in [0.1, 0.15) is 0 Å². The first kappa shape index (κ1) is 16.6. The van der Waals surface area contributed by atoms with E-state index in [2.05, 4.69) is 24.5 Å². The Hall–Kier alpha value is -0.420. The standard InChI is InChI=1S/C12H26N2O2S/c1-6-11(7-2)14-12(15)10(4)13-8-9(3)17(5)16/h9-11,13H,6-8H2,1-5H3,(H,14,15). The second kappa shape index (κ2) is 8.64. The van der Waals surface area contributed by atoms with E-state index in [4.69, 9.17) is 0 Å². The predicted octanol–water partition coefficient (Wildman–Crippen LogP) is 1.04. The van der Waals surface area contributed by atoms with Crippen molar-refractivity contribution >= 4 is 16.7 Å². The van der Waals surface area contributed by atoms with Crippen LogP contribution in [0.2, 0.25) is 0 Å². The zero-order chi connectivity index (χ0) is 13.4. The van der Waals surface area contributed by atoms with E-state index in [0.717, 1.165) is 12.8 Å². The van der Waals surface area contributed by atoms with Crippen LogP contribution in [0.3, 0.4) is 0 Å². The van der Waals surface area contributed by atoms with Crippen molar-refractivity contribution in [2.45, 2.75) is 57.9 Å². The van der Waals surface area contributed by atoms with E-state index < -0.39 is 10.8 Å². The summed E-state index contributed by atoms with van der Waals surface area (Å²) >= 11 is 0. The first-order chi connectivity index (χ1) is 7.92. The summed E-state index contributed by atoms with van der Waals surface area (Å²) in [6.45, 7) is 8.47. The maximum absolute atomic E-state index is 11.8. The number of carbonyl (C=O) groups excluding carboxylic acids is 1. The molecule has 0 rings (SSSR count). The van der Waals surface area contributed by atoms with Gasteiger partial charge in [-0.05, 0) is 26.7 Å². The average molecular weight is 262 g/mol. The third-order valence-electron chi connectivity index (χ3n) is 3.00. The lowest BCUT2D eigenvalue weighted by Crippen LogP contribution is -2.47. The number of nitrogens with one attached hydrogen (secondary N) is 2. The molecule has 0 aliphatic heterocycles. The van der Waals surface area contributed by atoms with E-state index >= 15 is 0 Å². The molecule has 17 heavy (non-hydrogen) atoms. The Balaban J connectivity index is 4.01. The summed E-state index contributed by atoms with van der Waals surface area (Å²) in [6, 6.07) is 0.0195. The molecule has 0 aromatic rings. The van der Waals surface area contributed by atoms with Crippen molar-refractivity contribution in [2.24, 2.45) is 0 Å². The second-order valence-corrected chi connectivity index (χ2v) is 6.26. The van der Waals surface area contributed by atoms with Gasteiger partial charge >= 0.3 is 0 Å². The molecule has 0 aliphatic carbocycles. The van der Waals surface area contributed by atoms with Gasteiger partial charge < -0.3 is 10.6 Å². The van der Waals surface area contributed by atoms with Gasteiger partial charge in [-0.1, -0.05) is 13.8 Å². The van der Waals surface area contributed by atoms with Gasteiger partial charge in [-0.2, -0.15) is 0 Å². The molecule has 0 fully saturated rings. The first-order valence-corrected chi connectivity index (χ1v) is 7.90. The number of amides is 1. The highest BCUT2D eigenvalue weighted by molar-refractivity contribution is 7.84. The van der Waals surface area contributed by atoms with E-state index in [9.17, 15) is 9.00 Å². The minimum absolute atomic E-state index is 0.0211. The largest absolute Gasteiger partial charge is 0.352 e. The molecule has 5 heteroatoms. The van der Waals surface area contributed by atoms with Crippen LogP contribution in [0.1, 0.15) is 40.5 Å². The van der Waals surface area contributed by atoms with Crippen LogP contribution in [0.4, 0.5) is 0 Å². The Labute approximate surface area is 107 Å². The molecule has 0 aromatic carbocycles. The van der Waals surface area contributed by atoms with E-state index in [1.807, 2.05) is 13.8 Å². The molecule has 0 aliphatic rings. The van der Waals surface area contributed by atoms with Crippen LogP contribution in [0.25, 0.3) is 0 Å². The monoisotopic (exact) mass is 262 g/mol. The minimum atomic E-state index is -0.848. The van der Waals surface area contributed by atoms with Gasteiger partial charge in [0.2, 0.25) is 5.91 Å². The number of hydrogen-bond acceptors (Lipinski definition) is 3. The molecule has 0 heterocycles. The smallest absolute Gasteiger partial charge is 0.237 e. The molecule has 3 atom stereocenters. The van der Waals surface area contributed by atoms with Crippen LogP contribution in [-0.2, 0) is 15.6 Å². The van der Waals surface area contributed by atoms with Gasteiger partial charge in [0, 0.05) is 34.9 Å². The SMILES string of the molecule is CCC(CC)NC(=O)C(C)NCC(C)S(C)=O. The Kier molecular flexibility index (Phi) is 8.43. The molecular formula is C12H26N2O2S. The summed E-state index contributed by atoms with van der Waals surface area (Å²) in [5, 5.41) is 6.17. The van der Waals surface area contributed by atoms with Crippen LogP contribution >= 0.6 is 0 Å². The second-order valence-electron chi connectivity index (χ2n) is 4.46. The highest BCUT2D eigenvalue weighted by atomic mass is 32.2. The molecule has 0 saturated carbocycles. The Morgan fingerprint density at radius 2 is 1.76 bits per heavy atom. The summed E-state index contributed by atoms with van der Waals surface area (Å²) in [7, 11) is -0.848. The van der Waals surface area contributed by atoms with Crippen molar-refractivity contribution < 1.29 is 9.00 Å². The first-order valence-electron chi connectivity index (χ1n) is 6.28. The molecule has 0 saturated heterocycles. The Morgan fingerprint density at radius 3 is 2.18 bits per heavy atom. The molecule has 3 unspecified atom stereocenters. The van der Waals surface area contributed by atoms with E-state index in [-0.39, 0.29) is 23.2 Å². The minimum Gasteiger partial charge on any atom is -0.352 e. The molecule has 1 amide bonds. The summed E-state index contributed by atoms with van der Waals surface area (Å²) in [5.74, 6) is 0.0211. The maximum atomic E-state index is 11.8. The summed E-state index contributed by atoms with van der Waals surface area (Å²) in [6.07, 6.45) is 3.58. The lowest BCUT2D eigenvalue weighted by Gasteiger charge is -2.20. The maximum Gasteiger partial charge on any atom is 0.237 e. The van der Waals surface area contributed by atoms with Crippen LogP contribution < -0.4 is 10.6 Å². The predicted molar refractivity (Wildman–Crippen MR) is 73.5 cm³/mol. The van der Waals surface area contributed by atoms with Crippen molar-refractivity contribution in [3.63, 3.8) is 0 Å². The quantitative estimate of drug-likeness (QED) is 0.687. The van der Waals surface area contributed by atoms with E-state index in [1.165, 1.54) is 0 Å². The lowest BCUT2D eigenvalue weighted by atomic mass is 10.1. The van der Waals surface area contributed by atoms with Crippen LogP contribution in [0.5, 0.6) is 0 Å². The Bertz CT molecular complexity index is 255. The lowest BCUT2D eigenvalue weighted by molar-refractivity contribution is -0.123. The van der Waals surface area contributed by atoms with Crippen LogP contribution in [-0.4, -0.2) is 40.3 Å². The van der Waals surface area contributed by atoms with Crippen molar-refractivity contribution in [3.8, 4) is 0 Å². The topological polar surface area (TPSA) is 58.2 Å². The molecule has 0 aromatic heterocycles. The molecule has 2 N–H and O–H groups in total. The zero-order valence-corrected chi connectivity index (χ0v) is 12.4. The van der Waals surface area contributed by atoms with Gasteiger partial charge in [-0.3, -0.25) is 9.00 Å². The molecule has 0 bridgehead atoms. The normalized spacial score (nSPS) is 16.6. The molecule has 102 valence electrons. The van der Waals surface area contributed by atoms with E-state index in [1.54, 1.807) is 6.26 Å². The number of hydrogen-bond donors (Lipinski definition) is 2. The fourth-order valence-corrected chi connectivity index (χ4v) is 1.70. The summed E-state index contributed by atoms with van der Waals surface area (Å²) in [4.78, 5) is 11.8. The number of carbonyl (C=O) groups is 1. The van der Waals surface area contributed by atoms with Gasteiger partial charge in [0.05, 0.1) is 6.04 Å². The van der Waals surface area contributed by atoms with Crippen LogP contribution in [0, 0.1) is 0 Å².